The summed E-state index contributed by atoms with van der Waals surface area (Å²) in [5, 5.41) is 2.40. The SMILES string of the molecule is Cc1cc2c(cc1N1c3cc(C(C)(C)C)cc4c3B(c3c1ccc1oc5ccccc5c31)N(c1ccc3c(c1)C(C)(C)CCC3(C)C)c1cc3c(cc1-4)C(C)(C)CCC3(C)C)C(C)(C)CCC2(C)C. The molecule has 6 aromatic carbocycles. The van der Waals surface area contributed by atoms with Crippen LogP contribution in [0.3, 0.4) is 0 Å². The van der Waals surface area contributed by atoms with Crippen LogP contribution in [-0.2, 0) is 37.9 Å². The molecule has 0 saturated heterocycles. The normalized spacial score (nSPS) is 20.7. The third-order valence-corrected chi connectivity index (χ3v) is 18.9. The fourth-order valence-corrected chi connectivity index (χ4v) is 14.0. The second-order valence-electron chi connectivity index (χ2n) is 27.4. The lowest BCUT2D eigenvalue weighted by Crippen LogP contribution is -2.62. The third kappa shape index (κ3) is 6.37. The van der Waals surface area contributed by atoms with Gasteiger partial charge in [0.1, 0.15) is 11.2 Å². The molecule has 5 aliphatic rings. The Morgan fingerprint density at radius 2 is 1.00 bits per heavy atom. The van der Waals surface area contributed by atoms with Crippen molar-refractivity contribution in [3.63, 3.8) is 0 Å². The van der Waals surface area contributed by atoms with Gasteiger partial charge in [-0.2, -0.15) is 0 Å². The maximum Gasteiger partial charge on any atom is 0.333 e. The van der Waals surface area contributed by atoms with E-state index in [0.29, 0.717) is 0 Å². The summed E-state index contributed by atoms with van der Waals surface area (Å²) in [7, 11) is 0. The zero-order chi connectivity index (χ0) is 48.9. The summed E-state index contributed by atoms with van der Waals surface area (Å²) in [5.74, 6) is 0. The number of para-hydroxylation sites is 1. The van der Waals surface area contributed by atoms with E-state index in [1.54, 1.807) is 0 Å². The summed E-state index contributed by atoms with van der Waals surface area (Å²) in [6.07, 6.45) is 7.06. The van der Waals surface area contributed by atoms with Crippen LogP contribution in [0, 0.1) is 6.92 Å². The van der Waals surface area contributed by atoms with Gasteiger partial charge in [-0.05, 0) is 199 Å². The Balaban J connectivity index is 1.27. The first-order chi connectivity index (χ1) is 32.2. The molecule has 7 aromatic rings. The molecule has 4 heteroatoms. The fraction of sp³-hybridized carbons (Fsp3) is 0.446. The molecular weight excluding hydrogens is 836 g/mol. The topological polar surface area (TPSA) is 19.6 Å². The summed E-state index contributed by atoms with van der Waals surface area (Å²) < 4.78 is 6.92. The van der Waals surface area contributed by atoms with Crippen molar-refractivity contribution < 1.29 is 4.42 Å². The monoisotopic (exact) mass is 911 g/mol. The van der Waals surface area contributed by atoms with E-state index in [1.807, 2.05) is 0 Å². The predicted molar refractivity (Wildman–Crippen MR) is 297 cm³/mol. The number of rotatable bonds is 2. The van der Waals surface area contributed by atoms with Crippen LogP contribution in [0.25, 0.3) is 33.1 Å². The Morgan fingerprint density at radius 1 is 0.464 bits per heavy atom. The number of benzene rings is 6. The largest absolute Gasteiger partial charge is 0.456 e. The number of aryl methyl sites for hydroxylation is 1. The van der Waals surface area contributed by atoms with Crippen LogP contribution >= 0.6 is 0 Å². The minimum Gasteiger partial charge on any atom is -0.456 e. The van der Waals surface area contributed by atoms with E-state index < -0.39 is 0 Å². The van der Waals surface area contributed by atoms with Crippen molar-refractivity contribution in [2.45, 2.75) is 187 Å². The molecular formula is C65H75BN2O. The van der Waals surface area contributed by atoms with E-state index in [9.17, 15) is 0 Å². The number of furan rings is 1. The standard InChI is InChI=1S/C65H75BN2O/c1-38-31-45-48(64(13,14)29-27-61(45,7)8)36-51(38)67-50-23-24-55-56(41-19-17-18-20-54(41)69-55)58(50)66-57-43(32-39(33-53(57)67)59(2,3)4)42-35-47-49(65(15,16)30-28-63(47,11)12)37-52(42)68(66)40-21-22-44-46(34-40)62(9,10)26-25-60(44,5)6/h17-24,31-37H,25-30H2,1-16H3. The lowest BCUT2D eigenvalue weighted by atomic mass is 9.42. The minimum atomic E-state index is -0.142. The smallest absolute Gasteiger partial charge is 0.333 e. The number of hydrogen-bond donors (Lipinski definition) is 0. The summed E-state index contributed by atoms with van der Waals surface area (Å²) in [5.41, 5.74) is 25.7. The van der Waals surface area contributed by atoms with E-state index in [1.165, 1.54) is 144 Å². The van der Waals surface area contributed by atoms with Crippen molar-refractivity contribution in [3.8, 4) is 11.1 Å². The van der Waals surface area contributed by atoms with Crippen LogP contribution in [0.4, 0.5) is 28.4 Å². The zero-order valence-corrected chi connectivity index (χ0v) is 44.8. The molecule has 1 aromatic heterocycles. The van der Waals surface area contributed by atoms with Crippen molar-refractivity contribution in [2.24, 2.45) is 0 Å². The lowest BCUT2D eigenvalue weighted by Gasteiger charge is -2.49. The molecule has 69 heavy (non-hydrogen) atoms. The van der Waals surface area contributed by atoms with Gasteiger partial charge in [-0.25, -0.2) is 0 Å². The van der Waals surface area contributed by atoms with E-state index in [2.05, 4.69) is 211 Å². The quantitative estimate of drug-likeness (QED) is 0.161. The molecule has 0 bridgehead atoms. The number of hydrogen-bond acceptors (Lipinski definition) is 3. The molecule has 0 fully saturated rings. The van der Waals surface area contributed by atoms with Crippen molar-refractivity contribution >= 4 is 68.1 Å². The summed E-state index contributed by atoms with van der Waals surface area (Å²) >= 11 is 0. The highest BCUT2D eigenvalue weighted by molar-refractivity contribution is 6.95. The highest BCUT2D eigenvalue weighted by Crippen LogP contribution is 2.57. The molecule has 0 unspecified atom stereocenters. The van der Waals surface area contributed by atoms with Crippen LogP contribution in [0.15, 0.2) is 95.4 Å². The van der Waals surface area contributed by atoms with Gasteiger partial charge in [-0.15, -0.1) is 0 Å². The molecule has 0 radical (unpaired) electrons. The van der Waals surface area contributed by atoms with Gasteiger partial charge in [-0.1, -0.05) is 140 Å². The summed E-state index contributed by atoms with van der Waals surface area (Å²) in [4.78, 5) is 5.53. The predicted octanol–water partition coefficient (Wildman–Crippen LogP) is 16.9. The van der Waals surface area contributed by atoms with E-state index in [4.69, 9.17) is 4.42 Å². The number of nitrogens with zero attached hydrogens (tertiary/aromatic N) is 2. The Morgan fingerprint density at radius 3 is 1.61 bits per heavy atom. The molecule has 3 aliphatic carbocycles. The van der Waals surface area contributed by atoms with Crippen molar-refractivity contribution in [1.82, 2.24) is 0 Å². The average Bonchev–Trinajstić information content (AvgIpc) is 3.67. The van der Waals surface area contributed by atoms with Gasteiger partial charge >= 0.3 is 6.85 Å². The molecule has 12 rings (SSSR count). The average molecular weight is 911 g/mol. The van der Waals surface area contributed by atoms with E-state index in [-0.39, 0.29) is 44.8 Å². The molecule has 2 aliphatic heterocycles. The molecule has 0 atom stereocenters. The van der Waals surface area contributed by atoms with E-state index in [0.717, 1.165) is 11.2 Å². The first kappa shape index (κ1) is 45.0. The molecule has 0 spiro atoms. The van der Waals surface area contributed by atoms with E-state index >= 15 is 0 Å². The highest BCUT2D eigenvalue weighted by atomic mass is 16.3. The van der Waals surface area contributed by atoms with Gasteiger partial charge < -0.3 is 14.1 Å². The fourth-order valence-electron chi connectivity index (χ4n) is 14.0. The van der Waals surface area contributed by atoms with Crippen molar-refractivity contribution in [3.05, 3.63) is 136 Å². The molecule has 354 valence electrons. The Labute approximate surface area is 414 Å². The van der Waals surface area contributed by atoms with Crippen LogP contribution in [0.1, 0.15) is 187 Å². The second-order valence-corrected chi connectivity index (χ2v) is 27.4. The first-order valence-corrected chi connectivity index (χ1v) is 26.4. The Kier molecular flexibility index (Phi) is 9.13. The number of anilines is 5. The zero-order valence-electron chi connectivity index (χ0n) is 44.8. The van der Waals surface area contributed by atoms with Crippen molar-refractivity contribution in [1.29, 1.82) is 0 Å². The highest BCUT2D eigenvalue weighted by Gasteiger charge is 2.50. The maximum atomic E-state index is 6.92. The molecule has 3 heterocycles. The summed E-state index contributed by atoms with van der Waals surface area (Å²) in [6.45, 7) is 39.2. The number of fused-ring (bicyclic) bond motifs is 11. The Bertz CT molecular complexity index is 3360. The molecule has 0 amide bonds. The van der Waals surface area contributed by atoms with Gasteiger partial charge in [0.15, 0.2) is 0 Å². The van der Waals surface area contributed by atoms with Gasteiger partial charge in [0, 0.05) is 44.8 Å². The summed E-state index contributed by atoms with van der Waals surface area (Å²) in [6, 6.07) is 36.8. The van der Waals surface area contributed by atoms with Crippen LogP contribution in [0.2, 0.25) is 0 Å². The third-order valence-electron chi connectivity index (χ3n) is 18.9. The maximum absolute atomic E-state index is 6.92. The second kappa shape index (κ2) is 14.0. The first-order valence-electron chi connectivity index (χ1n) is 26.4. The van der Waals surface area contributed by atoms with Gasteiger partial charge in [0.25, 0.3) is 0 Å². The molecule has 0 N–H and O–H groups in total. The van der Waals surface area contributed by atoms with Gasteiger partial charge in [-0.3, -0.25) is 0 Å². The van der Waals surface area contributed by atoms with Gasteiger partial charge in [0.2, 0.25) is 0 Å². The lowest BCUT2D eigenvalue weighted by molar-refractivity contribution is 0.332. The van der Waals surface area contributed by atoms with Crippen LogP contribution in [-0.4, -0.2) is 6.85 Å². The van der Waals surface area contributed by atoms with Crippen molar-refractivity contribution in [2.75, 3.05) is 9.71 Å². The minimum absolute atomic E-state index is 0.0354. The molecule has 3 nitrogen and oxygen atoms in total. The Hall–Kier alpha value is -5.22. The molecule has 0 saturated carbocycles. The van der Waals surface area contributed by atoms with Crippen LogP contribution < -0.4 is 20.6 Å². The van der Waals surface area contributed by atoms with Crippen LogP contribution in [0.5, 0.6) is 0 Å². The van der Waals surface area contributed by atoms with Gasteiger partial charge in [0.05, 0.1) is 0 Å².